The lowest BCUT2D eigenvalue weighted by molar-refractivity contribution is -0.125. The fourth-order valence-corrected chi connectivity index (χ4v) is 4.01. The number of hydrogen-bond donors (Lipinski definition) is 1. The second kappa shape index (κ2) is 8.23. The summed E-state index contributed by atoms with van der Waals surface area (Å²) < 4.78 is 5.75. The van der Waals surface area contributed by atoms with Gasteiger partial charge in [0, 0.05) is 25.2 Å². The van der Waals surface area contributed by atoms with E-state index in [0.717, 1.165) is 53.9 Å². The van der Waals surface area contributed by atoms with Gasteiger partial charge in [0.1, 0.15) is 17.9 Å². The Balaban J connectivity index is 1.45. The van der Waals surface area contributed by atoms with E-state index in [1.165, 1.54) is 5.56 Å². The van der Waals surface area contributed by atoms with Crippen molar-refractivity contribution in [2.45, 2.75) is 46.6 Å². The summed E-state index contributed by atoms with van der Waals surface area (Å²) in [6.07, 6.45) is 4.43. The Kier molecular flexibility index (Phi) is 5.51. The number of amides is 1. The molecule has 6 nitrogen and oxygen atoms in total. The average Bonchev–Trinajstić information content (AvgIpc) is 3.06. The minimum atomic E-state index is -0.0445. The Hall–Kier alpha value is -2.89. The van der Waals surface area contributed by atoms with Gasteiger partial charge < -0.3 is 14.6 Å². The number of hydrogen-bond acceptors (Lipinski definition) is 5. The molecular weight excluding hydrogens is 364 g/mol. The second-order valence-corrected chi connectivity index (χ2v) is 7.83. The van der Waals surface area contributed by atoms with Crippen LogP contribution in [0.25, 0.3) is 11.1 Å². The molecule has 3 heterocycles. The molecule has 0 saturated carbocycles. The summed E-state index contributed by atoms with van der Waals surface area (Å²) in [6, 6.07) is 8.43. The SMILES string of the molecule is CCc1ccc(CNC(=O)[C@@H]2CCCN(c3ncnc4oc(C)c(C)c34)C2)cc1. The Bertz CT molecular complexity index is 1010. The normalized spacial score (nSPS) is 16.9. The van der Waals surface area contributed by atoms with Gasteiger partial charge in [-0.1, -0.05) is 31.2 Å². The van der Waals surface area contributed by atoms with Crippen molar-refractivity contribution in [3.8, 4) is 0 Å². The average molecular weight is 393 g/mol. The van der Waals surface area contributed by atoms with Crippen molar-refractivity contribution in [3.05, 3.63) is 53.0 Å². The van der Waals surface area contributed by atoms with Crippen molar-refractivity contribution in [3.63, 3.8) is 0 Å². The number of anilines is 1. The van der Waals surface area contributed by atoms with Crippen molar-refractivity contribution in [1.29, 1.82) is 0 Å². The van der Waals surface area contributed by atoms with Gasteiger partial charge in [-0.15, -0.1) is 0 Å². The summed E-state index contributed by atoms with van der Waals surface area (Å²) in [5.74, 6) is 1.80. The first-order valence-electron chi connectivity index (χ1n) is 10.4. The van der Waals surface area contributed by atoms with Crippen LogP contribution in [0.5, 0.6) is 0 Å². The van der Waals surface area contributed by atoms with E-state index >= 15 is 0 Å². The van der Waals surface area contributed by atoms with Crippen LogP contribution in [0.15, 0.2) is 35.0 Å². The van der Waals surface area contributed by atoms with Gasteiger partial charge in [-0.2, -0.15) is 0 Å². The van der Waals surface area contributed by atoms with E-state index in [0.29, 0.717) is 18.8 Å². The van der Waals surface area contributed by atoms with Crippen LogP contribution in [0.2, 0.25) is 0 Å². The molecule has 1 saturated heterocycles. The zero-order valence-corrected chi connectivity index (χ0v) is 17.4. The lowest BCUT2D eigenvalue weighted by Gasteiger charge is -2.33. The lowest BCUT2D eigenvalue weighted by Crippen LogP contribution is -2.43. The zero-order chi connectivity index (χ0) is 20.4. The summed E-state index contributed by atoms with van der Waals surface area (Å²) >= 11 is 0. The molecule has 0 unspecified atom stereocenters. The Morgan fingerprint density at radius 3 is 2.72 bits per heavy atom. The Morgan fingerprint density at radius 1 is 1.21 bits per heavy atom. The third kappa shape index (κ3) is 3.97. The number of nitrogens with one attached hydrogen (secondary N) is 1. The van der Waals surface area contributed by atoms with Gasteiger partial charge in [-0.05, 0) is 44.2 Å². The second-order valence-electron chi connectivity index (χ2n) is 7.83. The van der Waals surface area contributed by atoms with E-state index in [1.807, 2.05) is 13.8 Å². The first-order valence-corrected chi connectivity index (χ1v) is 10.4. The van der Waals surface area contributed by atoms with E-state index in [9.17, 15) is 4.79 Å². The molecule has 1 aliphatic heterocycles. The molecule has 1 aromatic carbocycles. The highest BCUT2D eigenvalue weighted by atomic mass is 16.3. The molecule has 2 aromatic heterocycles. The third-order valence-corrected chi connectivity index (χ3v) is 5.94. The molecule has 4 rings (SSSR count). The monoisotopic (exact) mass is 392 g/mol. The molecule has 3 aromatic rings. The smallest absolute Gasteiger partial charge is 0.231 e. The van der Waals surface area contributed by atoms with Crippen molar-refractivity contribution >= 4 is 22.8 Å². The Labute approximate surface area is 171 Å². The van der Waals surface area contributed by atoms with E-state index in [2.05, 4.69) is 51.4 Å². The molecule has 1 atom stereocenters. The van der Waals surface area contributed by atoms with E-state index in [1.54, 1.807) is 6.33 Å². The molecule has 0 spiro atoms. The number of furan rings is 1. The molecule has 0 aliphatic carbocycles. The third-order valence-electron chi connectivity index (χ3n) is 5.94. The highest BCUT2D eigenvalue weighted by Crippen LogP contribution is 2.32. The molecule has 29 heavy (non-hydrogen) atoms. The fraction of sp³-hybridized carbons (Fsp3) is 0.435. The minimum absolute atomic E-state index is 0.0445. The topological polar surface area (TPSA) is 71.3 Å². The van der Waals surface area contributed by atoms with Crippen LogP contribution in [0.4, 0.5) is 5.82 Å². The van der Waals surface area contributed by atoms with Crippen LogP contribution < -0.4 is 10.2 Å². The summed E-state index contributed by atoms with van der Waals surface area (Å²) in [6.45, 7) is 8.24. The summed E-state index contributed by atoms with van der Waals surface area (Å²) in [5.41, 5.74) is 4.12. The molecule has 1 fully saturated rings. The summed E-state index contributed by atoms with van der Waals surface area (Å²) in [5, 5.41) is 4.07. The number of aryl methyl sites for hydroxylation is 3. The van der Waals surface area contributed by atoms with Crippen LogP contribution in [0.3, 0.4) is 0 Å². The first-order chi connectivity index (χ1) is 14.1. The number of rotatable bonds is 5. The summed E-state index contributed by atoms with van der Waals surface area (Å²) in [7, 11) is 0. The number of fused-ring (bicyclic) bond motifs is 1. The van der Waals surface area contributed by atoms with Crippen LogP contribution in [-0.4, -0.2) is 29.0 Å². The maximum Gasteiger partial charge on any atom is 0.231 e. The molecule has 6 heteroatoms. The number of nitrogens with zero attached hydrogens (tertiary/aromatic N) is 3. The van der Waals surface area contributed by atoms with Crippen molar-refractivity contribution in [1.82, 2.24) is 15.3 Å². The van der Waals surface area contributed by atoms with Crippen LogP contribution in [0, 0.1) is 19.8 Å². The lowest BCUT2D eigenvalue weighted by atomic mass is 9.96. The molecule has 0 bridgehead atoms. The number of aromatic nitrogens is 2. The van der Waals surface area contributed by atoms with Crippen LogP contribution >= 0.6 is 0 Å². The van der Waals surface area contributed by atoms with Crippen LogP contribution in [-0.2, 0) is 17.8 Å². The predicted molar refractivity (Wildman–Crippen MR) is 114 cm³/mol. The maximum atomic E-state index is 12.8. The van der Waals surface area contributed by atoms with Gasteiger partial charge in [0.15, 0.2) is 0 Å². The molecule has 1 N–H and O–H groups in total. The molecule has 0 radical (unpaired) electrons. The van der Waals surface area contributed by atoms with Crippen LogP contribution in [0.1, 0.15) is 42.2 Å². The number of carbonyl (C=O) groups is 1. The van der Waals surface area contributed by atoms with E-state index < -0.39 is 0 Å². The number of carbonyl (C=O) groups excluding carboxylic acids is 1. The zero-order valence-electron chi connectivity index (χ0n) is 17.4. The fourth-order valence-electron chi connectivity index (χ4n) is 4.01. The summed E-state index contributed by atoms with van der Waals surface area (Å²) in [4.78, 5) is 23.8. The van der Waals surface area contributed by atoms with Gasteiger partial charge in [0.25, 0.3) is 0 Å². The van der Waals surface area contributed by atoms with Crippen molar-refractivity contribution in [2.24, 2.45) is 5.92 Å². The highest BCUT2D eigenvalue weighted by molar-refractivity contribution is 5.90. The van der Waals surface area contributed by atoms with Gasteiger partial charge in [-0.25, -0.2) is 9.97 Å². The first kappa shape index (κ1) is 19.4. The number of piperidine rings is 1. The van der Waals surface area contributed by atoms with E-state index in [-0.39, 0.29) is 11.8 Å². The van der Waals surface area contributed by atoms with Gasteiger partial charge in [0.2, 0.25) is 11.6 Å². The molecule has 152 valence electrons. The quantitative estimate of drug-likeness (QED) is 0.712. The highest BCUT2D eigenvalue weighted by Gasteiger charge is 2.28. The van der Waals surface area contributed by atoms with Gasteiger partial charge >= 0.3 is 0 Å². The van der Waals surface area contributed by atoms with Gasteiger partial charge in [-0.3, -0.25) is 4.79 Å². The maximum absolute atomic E-state index is 12.8. The van der Waals surface area contributed by atoms with Gasteiger partial charge in [0.05, 0.1) is 11.3 Å². The largest absolute Gasteiger partial charge is 0.443 e. The number of benzene rings is 1. The molecular formula is C23H28N4O2. The Morgan fingerprint density at radius 2 is 1.97 bits per heavy atom. The standard InChI is InChI=1S/C23H28N4O2/c1-4-17-7-9-18(10-8-17)12-24-22(28)19-6-5-11-27(13-19)21-20-15(2)16(3)29-23(20)26-14-25-21/h7-10,14,19H,4-6,11-13H2,1-3H3,(H,24,28)/t19-/m1/s1. The predicted octanol–water partition coefficient (Wildman–Crippen LogP) is 3.93. The van der Waals surface area contributed by atoms with Crippen molar-refractivity contribution in [2.75, 3.05) is 18.0 Å². The molecule has 1 aliphatic rings. The molecule has 1 amide bonds. The minimum Gasteiger partial charge on any atom is -0.443 e. The van der Waals surface area contributed by atoms with Crippen molar-refractivity contribution < 1.29 is 9.21 Å². The van der Waals surface area contributed by atoms with E-state index in [4.69, 9.17) is 4.42 Å².